The number of hydrogen-bond acceptors (Lipinski definition) is 6. The molecule has 5 nitrogen and oxygen atoms in total. The van der Waals surface area contributed by atoms with E-state index in [4.69, 9.17) is 9.47 Å². The van der Waals surface area contributed by atoms with Crippen molar-refractivity contribution in [2.45, 2.75) is 13.0 Å². The summed E-state index contributed by atoms with van der Waals surface area (Å²) in [6.07, 6.45) is 0.805. The first-order chi connectivity index (χ1) is 9.81. The summed E-state index contributed by atoms with van der Waals surface area (Å²) in [6, 6.07) is 8.03. The predicted octanol–water partition coefficient (Wildman–Crippen LogP) is 1.87. The molecular formula is C14H19N3O2S. The maximum absolute atomic E-state index is 5.14. The molecule has 0 aliphatic rings. The molecule has 0 saturated carbocycles. The molecule has 0 unspecified atom stereocenters. The van der Waals surface area contributed by atoms with Crippen LogP contribution in [0.15, 0.2) is 24.3 Å². The molecule has 2 aromatic rings. The molecule has 0 atom stereocenters. The van der Waals surface area contributed by atoms with Gasteiger partial charge in [-0.3, -0.25) is 0 Å². The Kier molecular flexibility index (Phi) is 5.91. The van der Waals surface area contributed by atoms with E-state index < -0.39 is 0 Å². The minimum atomic E-state index is 0.706. The van der Waals surface area contributed by atoms with Crippen molar-refractivity contribution >= 4 is 11.3 Å². The molecule has 20 heavy (non-hydrogen) atoms. The van der Waals surface area contributed by atoms with Gasteiger partial charge in [-0.15, -0.1) is 10.2 Å². The second kappa shape index (κ2) is 7.94. The van der Waals surface area contributed by atoms with E-state index >= 15 is 0 Å². The van der Waals surface area contributed by atoms with Crippen LogP contribution in [0.2, 0.25) is 0 Å². The van der Waals surface area contributed by atoms with E-state index in [1.165, 1.54) is 5.56 Å². The van der Waals surface area contributed by atoms with Crippen LogP contribution in [-0.2, 0) is 17.7 Å². The SMILES string of the molecule is COCCNCc1nnc(Cc2ccc(OC)cc2)s1. The summed E-state index contributed by atoms with van der Waals surface area (Å²) in [6.45, 7) is 2.27. The van der Waals surface area contributed by atoms with Gasteiger partial charge in [0.15, 0.2) is 0 Å². The smallest absolute Gasteiger partial charge is 0.131 e. The van der Waals surface area contributed by atoms with Crippen LogP contribution < -0.4 is 10.1 Å². The third-order valence-electron chi connectivity index (χ3n) is 2.78. The third kappa shape index (κ3) is 4.56. The van der Waals surface area contributed by atoms with Gasteiger partial charge in [0, 0.05) is 26.6 Å². The van der Waals surface area contributed by atoms with Crippen LogP contribution in [0, 0.1) is 0 Å². The highest BCUT2D eigenvalue weighted by molar-refractivity contribution is 7.11. The summed E-state index contributed by atoms with van der Waals surface area (Å²) in [4.78, 5) is 0. The highest BCUT2D eigenvalue weighted by Crippen LogP contribution is 2.17. The molecule has 2 rings (SSSR count). The molecule has 1 aromatic carbocycles. The molecule has 0 fully saturated rings. The van der Waals surface area contributed by atoms with E-state index in [0.29, 0.717) is 6.61 Å². The normalized spacial score (nSPS) is 10.7. The number of hydrogen-bond donors (Lipinski definition) is 1. The summed E-state index contributed by atoms with van der Waals surface area (Å²) < 4.78 is 10.1. The Bertz CT molecular complexity index is 513. The van der Waals surface area contributed by atoms with Gasteiger partial charge in [0.2, 0.25) is 0 Å². The average Bonchev–Trinajstić information content (AvgIpc) is 2.92. The van der Waals surface area contributed by atoms with Gasteiger partial charge in [-0.1, -0.05) is 23.5 Å². The molecular weight excluding hydrogens is 274 g/mol. The Labute approximate surface area is 123 Å². The van der Waals surface area contributed by atoms with Crippen molar-refractivity contribution in [2.75, 3.05) is 27.4 Å². The summed E-state index contributed by atoms with van der Waals surface area (Å²) in [5, 5.41) is 13.7. The molecule has 1 heterocycles. The zero-order valence-corrected chi connectivity index (χ0v) is 12.6. The molecule has 0 amide bonds. The van der Waals surface area contributed by atoms with E-state index in [1.54, 1.807) is 25.6 Å². The fraction of sp³-hybridized carbons (Fsp3) is 0.429. The Morgan fingerprint density at radius 1 is 1.10 bits per heavy atom. The van der Waals surface area contributed by atoms with Gasteiger partial charge in [-0.25, -0.2) is 0 Å². The highest BCUT2D eigenvalue weighted by Gasteiger charge is 2.05. The number of methoxy groups -OCH3 is 2. The van der Waals surface area contributed by atoms with Gasteiger partial charge >= 0.3 is 0 Å². The van der Waals surface area contributed by atoms with Crippen molar-refractivity contribution in [1.82, 2.24) is 15.5 Å². The predicted molar refractivity (Wildman–Crippen MR) is 79.3 cm³/mol. The lowest BCUT2D eigenvalue weighted by Gasteiger charge is -2.01. The molecule has 0 saturated heterocycles. The molecule has 0 spiro atoms. The maximum Gasteiger partial charge on any atom is 0.131 e. The summed E-state index contributed by atoms with van der Waals surface area (Å²) in [7, 11) is 3.36. The van der Waals surface area contributed by atoms with Crippen LogP contribution >= 0.6 is 11.3 Å². The average molecular weight is 293 g/mol. The second-order valence-corrected chi connectivity index (χ2v) is 5.43. The third-order valence-corrected chi connectivity index (χ3v) is 3.71. The van der Waals surface area contributed by atoms with Crippen LogP contribution in [0.3, 0.4) is 0 Å². The fourth-order valence-corrected chi connectivity index (χ4v) is 2.57. The van der Waals surface area contributed by atoms with E-state index in [9.17, 15) is 0 Å². The Morgan fingerprint density at radius 3 is 2.55 bits per heavy atom. The largest absolute Gasteiger partial charge is 0.497 e. The molecule has 6 heteroatoms. The van der Waals surface area contributed by atoms with Crippen molar-refractivity contribution in [3.05, 3.63) is 39.8 Å². The van der Waals surface area contributed by atoms with Crippen molar-refractivity contribution in [3.8, 4) is 5.75 Å². The van der Waals surface area contributed by atoms with Crippen LogP contribution in [0.5, 0.6) is 5.75 Å². The maximum atomic E-state index is 5.14. The van der Waals surface area contributed by atoms with E-state index in [0.717, 1.165) is 35.3 Å². The fourth-order valence-electron chi connectivity index (χ4n) is 1.72. The summed E-state index contributed by atoms with van der Waals surface area (Å²) in [5.74, 6) is 0.869. The number of rotatable bonds is 8. The van der Waals surface area contributed by atoms with Crippen molar-refractivity contribution < 1.29 is 9.47 Å². The number of ether oxygens (including phenoxy) is 2. The highest BCUT2D eigenvalue weighted by atomic mass is 32.1. The Hall–Kier alpha value is -1.50. The monoisotopic (exact) mass is 293 g/mol. The first kappa shape index (κ1) is 14.9. The molecule has 0 aliphatic heterocycles. The summed E-state index contributed by atoms with van der Waals surface area (Å²) >= 11 is 1.64. The van der Waals surface area contributed by atoms with E-state index in [-0.39, 0.29) is 0 Å². The van der Waals surface area contributed by atoms with Gasteiger partial charge < -0.3 is 14.8 Å². The second-order valence-electron chi connectivity index (χ2n) is 4.28. The van der Waals surface area contributed by atoms with E-state index in [2.05, 4.69) is 27.6 Å². The Balaban J connectivity index is 1.85. The minimum absolute atomic E-state index is 0.706. The van der Waals surface area contributed by atoms with Gasteiger partial charge in [0.1, 0.15) is 15.8 Å². The number of benzene rings is 1. The topological polar surface area (TPSA) is 56.3 Å². The number of aromatic nitrogens is 2. The lowest BCUT2D eigenvalue weighted by atomic mass is 10.1. The van der Waals surface area contributed by atoms with Crippen LogP contribution in [-0.4, -0.2) is 37.6 Å². The zero-order valence-electron chi connectivity index (χ0n) is 11.8. The van der Waals surface area contributed by atoms with Crippen LogP contribution in [0.4, 0.5) is 0 Å². The minimum Gasteiger partial charge on any atom is -0.497 e. The van der Waals surface area contributed by atoms with Gasteiger partial charge in [0.25, 0.3) is 0 Å². The van der Waals surface area contributed by atoms with Gasteiger partial charge in [-0.05, 0) is 17.7 Å². The molecule has 108 valence electrons. The molecule has 1 N–H and O–H groups in total. The van der Waals surface area contributed by atoms with Gasteiger partial charge in [-0.2, -0.15) is 0 Å². The lowest BCUT2D eigenvalue weighted by Crippen LogP contribution is -2.18. The zero-order chi connectivity index (χ0) is 14.2. The van der Waals surface area contributed by atoms with Crippen molar-refractivity contribution in [2.24, 2.45) is 0 Å². The van der Waals surface area contributed by atoms with Crippen molar-refractivity contribution in [3.63, 3.8) is 0 Å². The first-order valence-electron chi connectivity index (χ1n) is 6.45. The van der Waals surface area contributed by atoms with E-state index in [1.807, 2.05) is 12.1 Å². The summed E-state index contributed by atoms with van der Waals surface area (Å²) in [5.41, 5.74) is 1.21. The van der Waals surface area contributed by atoms with Crippen LogP contribution in [0.25, 0.3) is 0 Å². The molecule has 0 bridgehead atoms. The van der Waals surface area contributed by atoms with Gasteiger partial charge in [0.05, 0.1) is 13.7 Å². The lowest BCUT2D eigenvalue weighted by molar-refractivity contribution is 0.199. The van der Waals surface area contributed by atoms with Crippen LogP contribution in [0.1, 0.15) is 15.6 Å². The number of nitrogens with zero attached hydrogens (tertiary/aromatic N) is 2. The molecule has 1 aromatic heterocycles. The standard InChI is InChI=1S/C14H19N3O2S/c1-18-8-7-15-10-14-17-16-13(20-14)9-11-3-5-12(19-2)6-4-11/h3-6,15H,7-10H2,1-2H3. The first-order valence-corrected chi connectivity index (χ1v) is 7.27. The molecule has 0 radical (unpaired) electrons. The molecule has 0 aliphatic carbocycles. The quantitative estimate of drug-likeness (QED) is 0.753. The van der Waals surface area contributed by atoms with Crippen molar-refractivity contribution in [1.29, 1.82) is 0 Å². The Morgan fingerprint density at radius 2 is 1.85 bits per heavy atom. The number of nitrogens with one attached hydrogen (secondary N) is 1.